The molecule has 0 spiro atoms. The average molecular weight is 359 g/mol. The highest BCUT2D eigenvalue weighted by atomic mass is 79.9. The fourth-order valence-electron chi connectivity index (χ4n) is 1.64. The largest absolute Gasteiger partial charge is 0.457 e. The average Bonchev–Trinajstić information content (AvgIpc) is 2.44. The van der Waals surface area contributed by atoms with E-state index in [9.17, 15) is 18.0 Å². The summed E-state index contributed by atoms with van der Waals surface area (Å²) >= 11 is 3.24. The van der Waals surface area contributed by atoms with Crippen molar-refractivity contribution in [2.24, 2.45) is 0 Å². The maximum atomic E-state index is 12.4. The van der Waals surface area contributed by atoms with Gasteiger partial charge in [-0.25, -0.2) is 4.79 Å². The van der Waals surface area contributed by atoms with Crippen molar-refractivity contribution in [2.45, 2.75) is 12.8 Å². The van der Waals surface area contributed by atoms with E-state index in [1.54, 1.807) is 24.3 Å². The number of hydrogen-bond acceptors (Lipinski definition) is 2. The van der Waals surface area contributed by atoms with Crippen LogP contribution in [0.1, 0.15) is 21.5 Å². The van der Waals surface area contributed by atoms with Crippen molar-refractivity contribution in [1.29, 1.82) is 0 Å². The van der Waals surface area contributed by atoms with Gasteiger partial charge < -0.3 is 4.74 Å². The number of rotatable bonds is 3. The quantitative estimate of drug-likeness (QED) is 0.735. The molecule has 0 aliphatic rings. The summed E-state index contributed by atoms with van der Waals surface area (Å²) in [6.45, 7) is -0.0799. The van der Waals surface area contributed by atoms with E-state index >= 15 is 0 Å². The molecule has 0 atom stereocenters. The third-order valence-corrected chi connectivity index (χ3v) is 3.20. The Kier molecular flexibility index (Phi) is 4.67. The van der Waals surface area contributed by atoms with Crippen molar-refractivity contribution in [3.8, 4) is 0 Å². The Labute approximate surface area is 127 Å². The highest BCUT2D eigenvalue weighted by molar-refractivity contribution is 9.10. The van der Waals surface area contributed by atoms with E-state index in [-0.39, 0.29) is 6.61 Å². The molecule has 0 unspecified atom stereocenters. The highest BCUT2D eigenvalue weighted by Gasteiger charge is 2.29. The van der Waals surface area contributed by atoms with Crippen molar-refractivity contribution >= 4 is 21.9 Å². The second-order valence-electron chi connectivity index (χ2n) is 4.28. The fraction of sp³-hybridized carbons (Fsp3) is 0.133. The third kappa shape index (κ3) is 4.32. The van der Waals surface area contributed by atoms with Gasteiger partial charge in [-0.3, -0.25) is 0 Å². The lowest BCUT2D eigenvalue weighted by Gasteiger charge is -2.08. The van der Waals surface area contributed by atoms with Crippen molar-refractivity contribution in [3.05, 3.63) is 69.7 Å². The number of carbonyl (C=O) groups excluding carboxylic acids is 1. The Morgan fingerprint density at radius 1 is 1.10 bits per heavy atom. The van der Waals surface area contributed by atoms with Gasteiger partial charge in [0, 0.05) is 4.47 Å². The van der Waals surface area contributed by atoms with Gasteiger partial charge >= 0.3 is 12.1 Å². The van der Waals surface area contributed by atoms with Gasteiger partial charge in [-0.15, -0.1) is 0 Å². The minimum Gasteiger partial charge on any atom is -0.457 e. The van der Waals surface area contributed by atoms with Crippen LogP contribution >= 0.6 is 15.9 Å². The predicted molar refractivity (Wildman–Crippen MR) is 74.7 cm³/mol. The molecule has 0 aliphatic carbocycles. The molecule has 6 heteroatoms. The summed E-state index contributed by atoms with van der Waals surface area (Å²) in [4.78, 5) is 11.8. The van der Waals surface area contributed by atoms with E-state index in [0.29, 0.717) is 11.1 Å². The van der Waals surface area contributed by atoms with Gasteiger partial charge in [-0.05, 0) is 35.9 Å². The molecule has 21 heavy (non-hydrogen) atoms. The lowest BCUT2D eigenvalue weighted by Crippen LogP contribution is -2.07. The minimum absolute atomic E-state index is 0.0799. The number of halogens is 4. The molecule has 2 nitrogen and oxygen atoms in total. The maximum absolute atomic E-state index is 12.4. The van der Waals surface area contributed by atoms with Crippen molar-refractivity contribution in [3.63, 3.8) is 0 Å². The van der Waals surface area contributed by atoms with Crippen molar-refractivity contribution in [2.75, 3.05) is 0 Å². The first-order valence-corrected chi connectivity index (χ1v) is 6.74. The maximum Gasteiger partial charge on any atom is 0.416 e. The second kappa shape index (κ2) is 6.30. The van der Waals surface area contributed by atoms with E-state index in [1.165, 1.54) is 12.1 Å². The van der Waals surface area contributed by atoms with Crippen LogP contribution in [0.15, 0.2) is 53.0 Å². The molecule has 0 heterocycles. The molecule has 0 saturated heterocycles. The number of ether oxygens (including phenoxy) is 1. The molecule has 0 aromatic heterocycles. The zero-order valence-electron chi connectivity index (χ0n) is 10.7. The topological polar surface area (TPSA) is 26.3 Å². The normalized spacial score (nSPS) is 11.2. The smallest absolute Gasteiger partial charge is 0.416 e. The molecular weight excluding hydrogens is 349 g/mol. The first kappa shape index (κ1) is 15.6. The molecule has 0 bridgehead atoms. The van der Waals surface area contributed by atoms with Crippen molar-refractivity contribution in [1.82, 2.24) is 0 Å². The van der Waals surface area contributed by atoms with E-state index < -0.39 is 17.7 Å². The number of esters is 1. The van der Waals surface area contributed by atoms with Crippen LogP contribution < -0.4 is 0 Å². The summed E-state index contributed by atoms with van der Waals surface area (Å²) in [6, 6.07) is 11.2. The second-order valence-corrected chi connectivity index (χ2v) is 5.20. The third-order valence-electron chi connectivity index (χ3n) is 2.71. The van der Waals surface area contributed by atoms with E-state index in [4.69, 9.17) is 4.74 Å². The van der Waals surface area contributed by atoms with Crippen LogP contribution in [-0.2, 0) is 17.5 Å². The SMILES string of the molecule is O=C(OCc1ccc(C(F)(F)F)cc1)c1cccc(Br)c1. The predicted octanol–water partition coefficient (Wildman–Crippen LogP) is 4.82. The Morgan fingerprint density at radius 3 is 2.33 bits per heavy atom. The van der Waals surface area contributed by atoms with Gasteiger partial charge in [0.25, 0.3) is 0 Å². The molecule has 0 amide bonds. The van der Waals surface area contributed by atoms with Crippen LogP contribution in [0, 0.1) is 0 Å². The summed E-state index contributed by atoms with van der Waals surface area (Å²) in [5.74, 6) is -0.531. The Morgan fingerprint density at radius 2 is 1.76 bits per heavy atom. The Hall–Kier alpha value is -1.82. The van der Waals surface area contributed by atoms with Crippen LogP contribution in [0.5, 0.6) is 0 Å². The van der Waals surface area contributed by atoms with Crippen LogP contribution in [0.25, 0.3) is 0 Å². The first-order valence-electron chi connectivity index (χ1n) is 5.95. The number of carbonyl (C=O) groups is 1. The molecule has 0 fully saturated rings. The number of hydrogen-bond donors (Lipinski definition) is 0. The van der Waals surface area contributed by atoms with Crippen LogP contribution in [-0.4, -0.2) is 5.97 Å². The summed E-state index contributed by atoms with van der Waals surface area (Å²) in [5.41, 5.74) is 0.132. The zero-order chi connectivity index (χ0) is 15.5. The summed E-state index contributed by atoms with van der Waals surface area (Å²) in [6.07, 6.45) is -4.37. The van der Waals surface area contributed by atoms with Gasteiger partial charge in [0.15, 0.2) is 0 Å². The van der Waals surface area contributed by atoms with Gasteiger partial charge in [-0.1, -0.05) is 34.1 Å². The molecule has 2 aromatic carbocycles. The number of alkyl halides is 3. The molecule has 0 N–H and O–H groups in total. The molecule has 0 radical (unpaired) electrons. The van der Waals surface area contributed by atoms with Gasteiger partial charge in [0.05, 0.1) is 11.1 Å². The number of benzene rings is 2. The van der Waals surface area contributed by atoms with E-state index in [2.05, 4.69) is 15.9 Å². The lowest BCUT2D eigenvalue weighted by atomic mass is 10.1. The molecule has 2 rings (SSSR count). The lowest BCUT2D eigenvalue weighted by molar-refractivity contribution is -0.137. The Bertz CT molecular complexity index is 636. The monoisotopic (exact) mass is 358 g/mol. The Balaban J connectivity index is 1.98. The van der Waals surface area contributed by atoms with Crippen LogP contribution in [0.4, 0.5) is 13.2 Å². The van der Waals surface area contributed by atoms with E-state index in [1.807, 2.05) is 0 Å². The molecule has 0 aliphatic heterocycles. The van der Waals surface area contributed by atoms with Crippen LogP contribution in [0.2, 0.25) is 0 Å². The molecule has 0 saturated carbocycles. The summed E-state index contributed by atoms with van der Waals surface area (Å²) in [7, 11) is 0. The van der Waals surface area contributed by atoms with Gasteiger partial charge in [0.1, 0.15) is 6.61 Å². The standard InChI is InChI=1S/C15H10BrF3O2/c16-13-3-1-2-11(8-13)14(20)21-9-10-4-6-12(7-5-10)15(17,18)19/h1-8H,9H2. The summed E-state index contributed by atoms with van der Waals surface area (Å²) in [5, 5.41) is 0. The van der Waals surface area contributed by atoms with Crippen LogP contribution in [0.3, 0.4) is 0 Å². The summed E-state index contributed by atoms with van der Waals surface area (Å²) < 4.78 is 43.0. The molecule has 110 valence electrons. The van der Waals surface area contributed by atoms with Gasteiger partial charge in [-0.2, -0.15) is 13.2 Å². The fourth-order valence-corrected chi connectivity index (χ4v) is 2.04. The van der Waals surface area contributed by atoms with Gasteiger partial charge in [0.2, 0.25) is 0 Å². The first-order chi connectivity index (χ1) is 9.86. The highest BCUT2D eigenvalue weighted by Crippen LogP contribution is 2.29. The minimum atomic E-state index is -4.37. The molecular formula is C15H10BrF3O2. The van der Waals surface area contributed by atoms with Crippen molar-refractivity contribution < 1.29 is 22.7 Å². The zero-order valence-corrected chi connectivity index (χ0v) is 12.2. The molecule has 2 aromatic rings. The van der Waals surface area contributed by atoms with E-state index in [0.717, 1.165) is 16.6 Å².